The summed E-state index contributed by atoms with van der Waals surface area (Å²) in [5.41, 5.74) is 1.11. The van der Waals surface area contributed by atoms with Gasteiger partial charge in [0.05, 0.1) is 12.1 Å². The second-order valence-corrected chi connectivity index (χ2v) is 14.5. The molecular weight excluding hydrogens is 568 g/mol. The van der Waals surface area contributed by atoms with E-state index in [2.05, 4.69) is 40.7 Å². The average molecular weight is 619 g/mol. The number of piperazine rings is 1. The van der Waals surface area contributed by atoms with E-state index in [1.165, 1.54) is 56.2 Å². The lowest BCUT2D eigenvalue weighted by Crippen LogP contribution is -2.63. The Bertz CT molecular complexity index is 1220. The van der Waals surface area contributed by atoms with E-state index in [0.717, 1.165) is 24.8 Å². The van der Waals surface area contributed by atoms with Gasteiger partial charge in [-0.05, 0) is 55.5 Å². The number of aliphatic imine (C=N–C) groups is 1. The third-order valence-corrected chi connectivity index (χ3v) is 11.2. The zero-order chi connectivity index (χ0) is 30.3. The number of nitrogens with zero attached hydrogens (tertiary/aromatic N) is 3. The Morgan fingerprint density at radius 3 is 2.45 bits per heavy atom. The fourth-order valence-corrected chi connectivity index (χ4v) is 8.45. The Labute approximate surface area is 267 Å². The number of carbonyl (C=O) groups is 2. The van der Waals surface area contributed by atoms with Gasteiger partial charge in [0.1, 0.15) is 12.1 Å². The summed E-state index contributed by atoms with van der Waals surface area (Å²) >= 11 is 1.69. The smallest absolute Gasteiger partial charge is 0.288 e. The van der Waals surface area contributed by atoms with Crippen LogP contribution in [0.5, 0.6) is 0 Å². The summed E-state index contributed by atoms with van der Waals surface area (Å²) in [6, 6.07) is 14.6. The minimum Gasteiger partial charge on any atom is -0.455 e. The molecule has 7 nitrogen and oxygen atoms in total. The number of ketones is 1. The predicted octanol–water partition coefficient (Wildman–Crippen LogP) is 6.54. The molecule has 238 valence electrons. The van der Waals surface area contributed by atoms with Crippen LogP contribution in [-0.2, 0) is 20.7 Å². The van der Waals surface area contributed by atoms with Gasteiger partial charge in [-0.25, -0.2) is 4.99 Å². The minimum absolute atomic E-state index is 0.0143. The number of amidine groups is 1. The minimum atomic E-state index is -0.504. The zero-order valence-electron chi connectivity index (χ0n) is 26.4. The number of ether oxygens (including phenoxy) is 1. The van der Waals surface area contributed by atoms with Crippen LogP contribution in [0.2, 0.25) is 0 Å². The standard InChI is InChI=1S/C36H50N4O3S/c1-26-34(28-14-7-3-8-15-28)43-36(37-26)39-21-22-40(32(25-39)33(41)20-19-30-18-11-23-44-30)35(42)31(24-27-12-5-2-6-13-27)38-29-16-9-4-10-17-29/h3,7-8,11,14-15,18,23,26-27,29,31-32,34,38H,2,4-6,9-10,12-13,16-17,19-22,24-25H2,1H3/t26-,31-,32+,34-/m1/s1. The zero-order valence-corrected chi connectivity index (χ0v) is 27.2. The maximum atomic E-state index is 14.5. The van der Waals surface area contributed by atoms with Crippen LogP contribution in [0.4, 0.5) is 0 Å². The topological polar surface area (TPSA) is 74.2 Å². The molecular formula is C36H50N4O3S. The van der Waals surface area contributed by atoms with Crippen LogP contribution < -0.4 is 5.32 Å². The number of nitrogens with one attached hydrogen (secondary N) is 1. The van der Waals surface area contributed by atoms with Gasteiger partial charge in [-0.1, -0.05) is 87.8 Å². The molecule has 2 aliphatic heterocycles. The summed E-state index contributed by atoms with van der Waals surface area (Å²) in [4.78, 5) is 38.7. The van der Waals surface area contributed by atoms with E-state index < -0.39 is 6.04 Å². The van der Waals surface area contributed by atoms with E-state index in [1.807, 2.05) is 29.2 Å². The van der Waals surface area contributed by atoms with Crippen molar-refractivity contribution in [1.82, 2.24) is 15.1 Å². The Balaban J connectivity index is 1.19. The summed E-state index contributed by atoms with van der Waals surface area (Å²) in [5, 5.41) is 5.91. The van der Waals surface area contributed by atoms with Crippen LogP contribution in [0.15, 0.2) is 52.8 Å². The molecule has 0 radical (unpaired) electrons. The number of amides is 1. The molecule has 6 rings (SSSR count). The van der Waals surface area contributed by atoms with Gasteiger partial charge >= 0.3 is 0 Å². The molecule has 4 aliphatic rings. The summed E-state index contributed by atoms with van der Waals surface area (Å²) in [6.45, 7) is 3.64. The molecule has 0 unspecified atom stereocenters. The van der Waals surface area contributed by atoms with Crippen molar-refractivity contribution in [3.8, 4) is 0 Å². The number of carbonyl (C=O) groups excluding carboxylic acids is 2. The van der Waals surface area contributed by atoms with Gasteiger partial charge in [-0.3, -0.25) is 9.59 Å². The summed E-state index contributed by atoms with van der Waals surface area (Å²) in [5.74, 6) is 0.845. The summed E-state index contributed by atoms with van der Waals surface area (Å²) in [7, 11) is 0. The van der Waals surface area contributed by atoms with E-state index in [1.54, 1.807) is 11.3 Å². The van der Waals surface area contributed by atoms with Gasteiger partial charge in [0.15, 0.2) is 5.78 Å². The first-order valence-corrected chi connectivity index (χ1v) is 18.1. The van der Waals surface area contributed by atoms with E-state index in [-0.39, 0.29) is 29.9 Å². The molecule has 3 heterocycles. The number of rotatable bonds is 10. The fourth-order valence-electron chi connectivity index (χ4n) is 7.74. The molecule has 2 saturated carbocycles. The number of benzene rings is 1. The molecule has 1 aromatic carbocycles. The Hall–Kier alpha value is -2.71. The highest BCUT2D eigenvalue weighted by atomic mass is 32.1. The first kappa shape index (κ1) is 31.3. The van der Waals surface area contributed by atoms with Crippen LogP contribution in [0.3, 0.4) is 0 Å². The quantitative estimate of drug-likeness (QED) is 0.327. The predicted molar refractivity (Wildman–Crippen MR) is 177 cm³/mol. The lowest BCUT2D eigenvalue weighted by Gasteiger charge is -2.43. The normalized spacial score (nSPS) is 25.8. The van der Waals surface area contributed by atoms with Gasteiger partial charge in [-0.15, -0.1) is 11.3 Å². The second-order valence-electron chi connectivity index (χ2n) is 13.4. The van der Waals surface area contributed by atoms with Crippen molar-refractivity contribution in [3.63, 3.8) is 0 Å². The van der Waals surface area contributed by atoms with Crippen molar-refractivity contribution < 1.29 is 14.3 Å². The number of aryl methyl sites for hydroxylation is 1. The van der Waals surface area contributed by atoms with Crippen molar-refractivity contribution in [2.45, 2.75) is 121 Å². The highest BCUT2D eigenvalue weighted by molar-refractivity contribution is 7.09. The van der Waals surface area contributed by atoms with Crippen molar-refractivity contribution in [2.24, 2.45) is 10.9 Å². The van der Waals surface area contributed by atoms with E-state index in [9.17, 15) is 9.59 Å². The number of hydrogen-bond donors (Lipinski definition) is 1. The van der Waals surface area contributed by atoms with Crippen molar-refractivity contribution in [3.05, 3.63) is 58.3 Å². The number of thiophene rings is 1. The molecule has 4 atom stereocenters. The largest absolute Gasteiger partial charge is 0.455 e. The van der Waals surface area contributed by atoms with Crippen LogP contribution in [0, 0.1) is 5.92 Å². The fraction of sp³-hybridized carbons (Fsp3) is 0.639. The van der Waals surface area contributed by atoms with Gasteiger partial charge in [-0.2, -0.15) is 0 Å². The Kier molecular flexibility index (Phi) is 10.7. The van der Waals surface area contributed by atoms with Crippen LogP contribution in [0.1, 0.15) is 101 Å². The Morgan fingerprint density at radius 2 is 1.73 bits per heavy atom. The SMILES string of the molecule is C[C@H]1N=C(N2CCN(C(=O)[C@@H](CC3CCCCC3)NC3CCCCC3)[C@H](C(=O)CCc3cccs3)C2)O[C@H]1c1ccccc1. The van der Waals surface area contributed by atoms with Gasteiger partial charge in [0.25, 0.3) is 6.02 Å². The average Bonchev–Trinajstić information content (AvgIpc) is 3.74. The summed E-state index contributed by atoms with van der Waals surface area (Å²) in [6.07, 6.45) is 14.2. The monoisotopic (exact) mass is 618 g/mol. The van der Waals surface area contributed by atoms with Crippen molar-refractivity contribution in [2.75, 3.05) is 19.6 Å². The second kappa shape index (κ2) is 15.0. The van der Waals surface area contributed by atoms with Crippen LogP contribution in [0.25, 0.3) is 0 Å². The van der Waals surface area contributed by atoms with Gasteiger partial charge in [0, 0.05) is 37.0 Å². The Morgan fingerprint density at radius 1 is 0.977 bits per heavy atom. The first-order valence-electron chi connectivity index (χ1n) is 17.2. The van der Waals surface area contributed by atoms with Crippen LogP contribution in [-0.4, -0.2) is 71.3 Å². The van der Waals surface area contributed by atoms with Crippen molar-refractivity contribution >= 4 is 29.0 Å². The molecule has 2 aromatic rings. The third kappa shape index (κ3) is 7.74. The van der Waals surface area contributed by atoms with Crippen LogP contribution >= 0.6 is 11.3 Å². The first-order chi connectivity index (χ1) is 21.5. The molecule has 0 spiro atoms. The highest BCUT2D eigenvalue weighted by Crippen LogP contribution is 2.32. The van der Waals surface area contributed by atoms with E-state index >= 15 is 0 Å². The molecule has 0 bridgehead atoms. The van der Waals surface area contributed by atoms with E-state index in [4.69, 9.17) is 9.73 Å². The molecule has 44 heavy (non-hydrogen) atoms. The maximum Gasteiger partial charge on any atom is 0.288 e. The number of hydrogen-bond acceptors (Lipinski definition) is 7. The third-order valence-electron chi connectivity index (χ3n) is 10.3. The number of Topliss-reactive ketones (excluding diaryl/α,β-unsaturated/α-hetero) is 1. The molecule has 1 saturated heterocycles. The molecule has 1 N–H and O–H groups in total. The lowest BCUT2D eigenvalue weighted by atomic mass is 9.83. The summed E-state index contributed by atoms with van der Waals surface area (Å²) < 4.78 is 6.44. The van der Waals surface area contributed by atoms with Gasteiger partial charge in [0.2, 0.25) is 5.91 Å². The molecule has 8 heteroatoms. The van der Waals surface area contributed by atoms with Gasteiger partial charge < -0.3 is 19.9 Å². The molecule has 1 aromatic heterocycles. The van der Waals surface area contributed by atoms with E-state index in [0.29, 0.717) is 50.5 Å². The molecule has 1 amide bonds. The lowest BCUT2D eigenvalue weighted by molar-refractivity contribution is -0.144. The molecule has 3 fully saturated rings. The molecule has 2 aliphatic carbocycles. The maximum absolute atomic E-state index is 14.5. The highest BCUT2D eigenvalue weighted by Gasteiger charge is 2.42. The van der Waals surface area contributed by atoms with Crippen molar-refractivity contribution in [1.29, 1.82) is 0 Å².